The largest absolute Gasteiger partial charge is 0.434 e. The minimum Gasteiger partial charge on any atom is -0.317 e. The molecule has 2 aromatic carbocycles. The molecule has 0 spiro atoms. The van der Waals surface area contributed by atoms with E-state index >= 15 is 8.78 Å². The predicted molar refractivity (Wildman–Crippen MR) is 137 cm³/mol. The van der Waals surface area contributed by atoms with Gasteiger partial charge in [0, 0.05) is 41.2 Å². The summed E-state index contributed by atoms with van der Waals surface area (Å²) in [5, 5.41) is 10.9. The van der Waals surface area contributed by atoms with Gasteiger partial charge in [0.15, 0.2) is 5.82 Å². The van der Waals surface area contributed by atoms with Crippen molar-refractivity contribution in [1.29, 1.82) is 0 Å². The zero-order valence-corrected chi connectivity index (χ0v) is 21.9. The summed E-state index contributed by atoms with van der Waals surface area (Å²) >= 11 is 0. The van der Waals surface area contributed by atoms with E-state index in [2.05, 4.69) is 27.4 Å². The lowest BCUT2D eigenvalue weighted by molar-refractivity contribution is -0.222. The highest BCUT2D eigenvalue weighted by Crippen LogP contribution is 2.49. The minimum absolute atomic E-state index is 0.0460. The quantitative estimate of drug-likeness (QED) is 0.288. The molecule has 12 heteroatoms. The fraction of sp³-hybridized carbons (Fsp3) is 0.357. The second-order valence-corrected chi connectivity index (χ2v) is 10.8. The number of halogens is 5. The fourth-order valence-corrected chi connectivity index (χ4v) is 5.74. The Morgan fingerprint density at radius 1 is 1.10 bits per heavy atom. The summed E-state index contributed by atoms with van der Waals surface area (Å²) in [4.78, 5) is 19.0. The third-order valence-corrected chi connectivity index (χ3v) is 8.04. The summed E-state index contributed by atoms with van der Waals surface area (Å²) in [6.45, 7) is 4.05. The van der Waals surface area contributed by atoms with E-state index in [4.69, 9.17) is 0 Å². The normalized spacial score (nSPS) is 18.6. The second kappa shape index (κ2) is 8.79. The number of aryl methyl sites for hydroxylation is 1. The fourth-order valence-electron chi connectivity index (χ4n) is 5.74. The van der Waals surface area contributed by atoms with Crippen LogP contribution in [0.5, 0.6) is 0 Å². The van der Waals surface area contributed by atoms with Crippen molar-refractivity contribution >= 4 is 28.2 Å². The van der Waals surface area contributed by atoms with Crippen LogP contribution < -0.4 is 10.2 Å². The first-order valence-electron chi connectivity index (χ1n) is 12.8. The highest BCUT2D eigenvalue weighted by atomic mass is 19.4. The smallest absolute Gasteiger partial charge is 0.317 e. The Labute approximate surface area is 226 Å². The van der Waals surface area contributed by atoms with Gasteiger partial charge in [-0.1, -0.05) is 0 Å². The molecule has 1 amide bonds. The van der Waals surface area contributed by atoms with E-state index in [0.29, 0.717) is 10.9 Å². The van der Waals surface area contributed by atoms with Gasteiger partial charge in [-0.2, -0.15) is 13.2 Å². The summed E-state index contributed by atoms with van der Waals surface area (Å²) < 4.78 is 74.6. The summed E-state index contributed by atoms with van der Waals surface area (Å²) in [5.41, 5.74) is -3.77. The van der Waals surface area contributed by atoms with Crippen LogP contribution >= 0.6 is 0 Å². The van der Waals surface area contributed by atoms with E-state index in [1.807, 2.05) is 6.92 Å². The molecular weight excluding hydrogens is 531 g/mol. The molecule has 0 saturated heterocycles. The van der Waals surface area contributed by atoms with Crippen LogP contribution in [0.15, 0.2) is 48.9 Å². The third-order valence-electron chi connectivity index (χ3n) is 8.04. The Bertz CT molecular complexity index is 1660. The molecule has 40 heavy (non-hydrogen) atoms. The Balaban J connectivity index is 1.45. The molecular formula is C28H25F5N6O. The average molecular weight is 557 g/mol. The van der Waals surface area contributed by atoms with Crippen molar-refractivity contribution in [3.8, 4) is 0 Å². The molecule has 4 aromatic rings. The van der Waals surface area contributed by atoms with Crippen LogP contribution in [0.25, 0.3) is 10.8 Å². The molecule has 7 nitrogen and oxygen atoms in total. The number of rotatable bonds is 6. The number of alkyl halides is 4. The lowest BCUT2D eigenvalue weighted by atomic mass is 9.77. The molecule has 0 radical (unpaired) electrons. The number of nitrogens with one attached hydrogen (secondary N) is 1. The van der Waals surface area contributed by atoms with Crippen molar-refractivity contribution in [2.24, 2.45) is 7.05 Å². The van der Waals surface area contributed by atoms with Gasteiger partial charge in [0.05, 0.1) is 11.3 Å². The maximum atomic E-state index is 16.0. The number of nitrogens with zero attached hydrogens (tertiary/aromatic N) is 5. The van der Waals surface area contributed by atoms with E-state index in [0.717, 1.165) is 53.4 Å². The Morgan fingerprint density at radius 2 is 1.85 bits per heavy atom. The number of aromatic nitrogens is 4. The van der Waals surface area contributed by atoms with Crippen LogP contribution in [0, 0.1) is 5.82 Å². The van der Waals surface area contributed by atoms with Crippen molar-refractivity contribution in [2.45, 2.75) is 56.5 Å². The molecule has 1 N–H and O–H groups in total. The SMILES string of the molecule is CC(NC1(C)CCC1)c1cc2c3c(ccc(F)c3c1)N(c1cc(C(F)(c3nncn3C)C(F)(F)F)ccn1)C2=O. The molecule has 1 aliphatic carbocycles. The summed E-state index contributed by atoms with van der Waals surface area (Å²) in [6.07, 6.45) is -0.313. The Hall–Kier alpha value is -3.93. The Morgan fingerprint density at radius 3 is 2.48 bits per heavy atom. The Kier molecular flexibility index (Phi) is 5.78. The van der Waals surface area contributed by atoms with Gasteiger partial charge in [-0.05, 0) is 75.1 Å². The van der Waals surface area contributed by atoms with Crippen molar-refractivity contribution in [3.63, 3.8) is 0 Å². The number of pyridine rings is 1. The van der Waals surface area contributed by atoms with Gasteiger partial charge in [0.2, 0.25) is 0 Å². The molecule has 1 aliphatic heterocycles. The van der Waals surface area contributed by atoms with Crippen molar-refractivity contribution in [2.75, 3.05) is 4.90 Å². The van der Waals surface area contributed by atoms with Gasteiger partial charge in [-0.3, -0.25) is 9.69 Å². The van der Waals surface area contributed by atoms with Gasteiger partial charge in [-0.15, -0.1) is 10.2 Å². The third kappa shape index (κ3) is 3.80. The van der Waals surface area contributed by atoms with Crippen LogP contribution in [0.4, 0.5) is 33.5 Å². The maximum absolute atomic E-state index is 16.0. The summed E-state index contributed by atoms with van der Waals surface area (Å²) in [7, 11) is 1.20. The highest BCUT2D eigenvalue weighted by Gasteiger charge is 2.61. The molecule has 0 bridgehead atoms. The van der Waals surface area contributed by atoms with Gasteiger partial charge < -0.3 is 9.88 Å². The molecule has 2 unspecified atom stereocenters. The van der Waals surface area contributed by atoms with Crippen LogP contribution in [0.1, 0.15) is 66.5 Å². The monoisotopic (exact) mass is 556 g/mol. The summed E-state index contributed by atoms with van der Waals surface area (Å²) in [6, 6.07) is 7.47. The summed E-state index contributed by atoms with van der Waals surface area (Å²) in [5.74, 6) is -2.35. The maximum Gasteiger partial charge on any atom is 0.434 e. The molecule has 6 rings (SSSR count). The zero-order valence-electron chi connectivity index (χ0n) is 21.9. The first kappa shape index (κ1) is 26.3. The first-order valence-corrected chi connectivity index (χ1v) is 12.8. The van der Waals surface area contributed by atoms with Gasteiger partial charge >= 0.3 is 6.18 Å². The molecule has 2 aromatic heterocycles. The molecule has 2 aliphatic rings. The number of carbonyl (C=O) groups is 1. The van der Waals surface area contributed by atoms with Crippen molar-refractivity contribution in [3.05, 3.63) is 77.3 Å². The lowest BCUT2D eigenvalue weighted by Crippen LogP contribution is -2.49. The predicted octanol–water partition coefficient (Wildman–Crippen LogP) is 6.16. The van der Waals surface area contributed by atoms with E-state index in [-0.39, 0.29) is 34.0 Å². The zero-order chi connectivity index (χ0) is 28.6. The van der Waals surface area contributed by atoms with E-state index in [1.165, 1.54) is 19.2 Å². The molecule has 1 saturated carbocycles. The number of amides is 1. The molecule has 3 heterocycles. The van der Waals surface area contributed by atoms with Crippen LogP contribution in [-0.2, 0) is 12.7 Å². The van der Waals surface area contributed by atoms with E-state index < -0.39 is 35.0 Å². The topological polar surface area (TPSA) is 75.9 Å². The van der Waals surface area contributed by atoms with E-state index in [9.17, 15) is 18.0 Å². The van der Waals surface area contributed by atoms with Crippen LogP contribution in [0.3, 0.4) is 0 Å². The number of hydrogen-bond donors (Lipinski definition) is 1. The number of carbonyl (C=O) groups excluding carboxylic acids is 1. The van der Waals surface area contributed by atoms with E-state index in [1.54, 1.807) is 12.1 Å². The number of benzene rings is 2. The van der Waals surface area contributed by atoms with Crippen LogP contribution in [0.2, 0.25) is 0 Å². The number of hydrogen-bond acceptors (Lipinski definition) is 5. The molecule has 208 valence electrons. The molecule has 1 fully saturated rings. The standard InChI is InChI=1S/C28H25F5N6O/c1-15(36-26(2)8-4-9-26)16-11-18-20(29)5-6-21-23(18)19(12-16)24(40)39(21)22-13-17(7-10-34-22)27(30,28(31,32)33)25-37-35-14-38(25)3/h5-7,10-15,36H,4,8-9H2,1-3H3. The van der Waals surface area contributed by atoms with Crippen molar-refractivity contribution in [1.82, 2.24) is 25.1 Å². The number of anilines is 2. The minimum atomic E-state index is -5.40. The second-order valence-electron chi connectivity index (χ2n) is 10.8. The lowest BCUT2D eigenvalue weighted by Gasteiger charge is -2.41. The van der Waals surface area contributed by atoms with Gasteiger partial charge in [0.25, 0.3) is 11.6 Å². The van der Waals surface area contributed by atoms with Gasteiger partial charge in [-0.25, -0.2) is 13.8 Å². The van der Waals surface area contributed by atoms with Crippen molar-refractivity contribution < 1.29 is 26.7 Å². The average Bonchev–Trinajstić information content (AvgIpc) is 3.45. The van der Waals surface area contributed by atoms with Crippen LogP contribution in [-0.4, -0.2) is 37.4 Å². The highest BCUT2D eigenvalue weighted by molar-refractivity contribution is 6.27. The molecule has 2 atom stereocenters. The van der Waals surface area contributed by atoms with Gasteiger partial charge in [0.1, 0.15) is 18.0 Å². The first-order chi connectivity index (χ1) is 18.8.